The van der Waals surface area contributed by atoms with Crippen LogP contribution in [0.2, 0.25) is 0 Å². The van der Waals surface area contributed by atoms with Gasteiger partial charge in [-0.15, -0.1) is 0 Å². The van der Waals surface area contributed by atoms with Crippen molar-refractivity contribution in [2.24, 2.45) is 5.92 Å². The van der Waals surface area contributed by atoms with Gasteiger partial charge in [-0.05, 0) is 92.4 Å². The lowest BCUT2D eigenvalue weighted by Crippen LogP contribution is -2.11. The first-order chi connectivity index (χ1) is 16.6. The van der Waals surface area contributed by atoms with E-state index in [0.29, 0.717) is 30.4 Å². The van der Waals surface area contributed by atoms with E-state index in [1.54, 1.807) is 12.1 Å². The smallest absolute Gasteiger partial charge is 0.200 e. The highest BCUT2D eigenvalue weighted by molar-refractivity contribution is 5.31. The molecule has 1 nitrogen and oxygen atoms in total. The van der Waals surface area contributed by atoms with Gasteiger partial charge in [0.15, 0.2) is 11.6 Å². The topological polar surface area (TPSA) is 9.23 Å². The Labute approximate surface area is 205 Å². The Balaban J connectivity index is 1.40. The van der Waals surface area contributed by atoms with Gasteiger partial charge in [0.2, 0.25) is 5.82 Å². The van der Waals surface area contributed by atoms with Gasteiger partial charge in [-0.1, -0.05) is 75.6 Å². The standard InChI is InChI=1S/C31H42F2O/c1-3-5-7-10-24-13-17-26(18-14-24)27-19-15-25(16-20-27)11-8-9-12-28-21-22-29(31(33)30(28)32)34-23-6-4-2/h8,11,13-14,17-18,21-22,25,27H,3-7,9-10,12,15-16,19-20,23H2,1-2H3. The minimum absolute atomic E-state index is 0.0214. The molecule has 0 atom stereocenters. The van der Waals surface area contributed by atoms with Gasteiger partial charge in [0, 0.05) is 0 Å². The second-order valence-electron chi connectivity index (χ2n) is 9.83. The summed E-state index contributed by atoms with van der Waals surface area (Å²) < 4.78 is 34.0. The molecule has 0 unspecified atom stereocenters. The zero-order valence-corrected chi connectivity index (χ0v) is 21.1. The van der Waals surface area contributed by atoms with Crippen molar-refractivity contribution in [3.8, 4) is 5.75 Å². The van der Waals surface area contributed by atoms with Crippen LogP contribution in [-0.2, 0) is 12.8 Å². The summed E-state index contributed by atoms with van der Waals surface area (Å²) in [6.07, 6.45) is 17.4. The molecule has 0 spiro atoms. The molecule has 2 aromatic carbocycles. The molecule has 3 heteroatoms. The molecule has 2 aromatic rings. The molecule has 1 aliphatic carbocycles. The molecule has 0 heterocycles. The highest BCUT2D eigenvalue weighted by atomic mass is 19.2. The number of rotatable bonds is 13. The van der Waals surface area contributed by atoms with Crippen LogP contribution < -0.4 is 4.74 Å². The van der Waals surface area contributed by atoms with Gasteiger partial charge in [0.05, 0.1) is 6.61 Å². The summed E-state index contributed by atoms with van der Waals surface area (Å²) in [5, 5.41) is 0. The quantitative estimate of drug-likeness (QED) is 0.210. The Morgan fingerprint density at radius 3 is 2.26 bits per heavy atom. The lowest BCUT2D eigenvalue weighted by atomic mass is 9.78. The van der Waals surface area contributed by atoms with Crippen molar-refractivity contribution in [1.29, 1.82) is 0 Å². The molecular weight excluding hydrogens is 426 g/mol. The molecule has 34 heavy (non-hydrogen) atoms. The van der Waals surface area contributed by atoms with Crippen LogP contribution >= 0.6 is 0 Å². The van der Waals surface area contributed by atoms with Crippen LogP contribution in [-0.4, -0.2) is 6.61 Å². The van der Waals surface area contributed by atoms with E-state index in [1.165, 1.54) is 62.5 Å². The van der Waals surface area contributed by atoms with E-state index >= 15 is 0 Å². The molecule has 3 rings (SSSR count). The van der Waals surface area contributed by atoms with E-state index in [4.69, 9.17) is 4.74 Å². The Bertz CT molecular complexity index is 879. The molecule has 186 valence electrons. The third-order valence-electron chi connectivity index (χ3n) is 7.16. The third-order valence-corrected chi connectivity index (χ3v) is 7.16. The van der Waals surface area contributed by atoms with Crippen molar-refractivity contribution < 1.29 is 13.5 Å². The maximum Gasteiger partial charge on any atom is 0.200 e. The second kappa shape index (κ2) is 14.3. The lowest BCUT2D eigenvalue weighted by molar-refractivity contribution is 0.288. The van der Waals surface area contributed by atoms with Crippen LogP contribution in [0, 0.1) is 17.6 Å². The molecule has 1 fully saturated rings. The molecule has 0 saturated heterocycles. The van der Waals surface area contributed by atoms with Gasteiger partial charge in [-0.2, -0.15) is 4.39 Å². The number of halogens is 2. The number of benzene rings is 2. The molecule has 0 N–H and O–H groups in total. The van der Waals surface area contributed by atoms with Crippen molar-refractivity contribution in [3.63, 3.8) is 0 Å². The highest BCUT2D eigenvalue weighted by Crippen LogP contribution is 2.36. The Morgan fingerprint density at radius 2 is 1.56 bits per heavy atom. The molecular formula is C31H42F2O. The molecule has 0 aliphatic heterocycles. The third kappa shape index (κ3) is 7.96. The minimum Gasteiger partial charge on any atom is -0.490 e. The highest BCUT2D eigenvalue weighted by Gasteiger charge is 2.21. The second-order valence-corrected chi connectivity index (χ2v) is 9.83. The molecule has 0 radical (unpaired) electrons. The van der Waals surface area contributed by atoms with Crippen molar-refractivity contribution in [2.45, 2.75) is 96.8 Å². The summed E-state index contributed by atoms with van der Waals surface area (Å²) >= 11 is 0. The fraction of sp³-hybridized carbons (Fsp3) is 0.548. The van der Waals surface area contributed by atoms with Gasteiger partial charge < -0.3 is 4.74 Å². The Morgan fingerprint density at radius 1 is 0.824 bits per heavy atom. The molecule has 1 saturated carbocycles. The van der Waals surface area contributed by atoms with E-state index in [2.05, 4.69) is 43.3 Å². The fourth-order valence-electron chi connectivity index (χ4n) is 4.91. The first-order valence-electron chi connectivity index (χ1n) is 13.5. The van der Waals surface area contributed by atoms with Crippen LogP contribution in [0.1, 0.15) is 101 Å². The van der Waals surface area contributed by atoms with Gasteiger partial charge in [0.1, 0.15) is 0 Å². The average molecular weight is 469 g/mol. The number of ether oxygens (including phenoxy) is 1. The minimum atomic E-state index is -0.857. The Kier molecular flexibility index (Phi) is 11.1. The van der Waals surface area contributed by atoms with E-state index in [1.807, 2.05) is 6.92 Å². The molecule has 1 aliphatic rings. The van der Waals surface area contributed by atoms with Crippen LogP contribution in [0.5, 0.6) is 5.75 Å². The van der Waals surface area contributed by atoms with E-state index in [-0.39, 0.29) is 5.75 Å². The normalized spacial score (nSPS) is 18.5. The number of unbranched alkanes of at least 4 members (excludes halogenated alkanes) is 3. The SMILES string of the molecule is CCCCCc1ccc(C2CCC(C=CCCc3ccc(OCCCC)c(F)c3F)CC2)cc1. The molecule has 0 amide bonds. The van der Waals surface area contributed by atoms with Crippen molar-refractivity contribution in [2.75, 3.05) is 6.61 Å². The predicted molar refractivity (Wildman–Crippen MR) is 139 cm³/mol. The van der Waals surface area contributed by atoms with Crippen LogP contribution in [0.3, 0.4) is 0 Å². The van der Waals surface area contributed by atoms with Crippen LogP contribution in [0.25, 0.3) is 0 Å². The number of hydrogen-bond acceptors (Lipinski definition) is 1. The zero-order chi connectivity index (χ0) is 24.2. The first-order valence-corrected chi connectivity index (χ1v) is 13.5. The van der Waals surface area contributed by atoms with E-state index < -0.39 is 11.6 Å². The number of hydrogen-bond donors (Lipinski definition) is 0. The number of allylic oxidation sites excluding steroid dienone is 2. The van der Waals surface area contributed by atoms with E-state index in [0.717, 1.165) is 19.3 Å². The summed E-state index contributed by atoms with van der Waals surface area (Å²) in [4.78, 5) is 0. The van der Waals surface area contributed by atoms with Gasteiger partial charge in [-0.25, -0.2) is 4.39 Å². The van der Waals surface area contributed by atoms with Gasteiger partial charge in [0.25, 0.3) is 0 Å². The summed E-state index contributed by atoms with van der Waals surface area (Å²) in [5.41, 5.74) is 3.37. The predicted octanol–water partition coefficient (Wildman–Crippen LogP) is 9.34. The maximum atomic E-state index is 14.4. The van der Waals surface area contributed by atoms with Crippen LogP contribution in [0.4, 0.5) is 8.78 Å². The van der Waals surface area contributed by atoms with Crippen molar-refractivity contribution in [1.82, 2.24) is 0 Å². The average Bonchev–Trinajstić information content (AvgIpc) is 2.86. The summed E-state index contributed by atoms with van der Waals surface area (Å²) in [6.45, 7) is 4.71. The van der Waals surface area contributed by atoms with Gasteiger partial charge in [-0.3, -0.25) is 0 Å². The molecule has 0 aromatic heterocycles. The lowest BCUT2D eigenvalue weighted by Gasteiger charge is -2.27. The first kappa shape index (κ1) is 26.4. The summed E-state index contributed by atoms with van der Waals surface area (Å²) in [5.74, 6) is -0.331. The molecule has 0 bridgehead atoms. The largest absolute Gasteiger partial charge is 0.490 e. The van der Waals surface area contributed by atoms with Crippen molar-refractivity contribution >= 4 is 0 Å². The number of aryl methyl sites for hydroxylation is 2. The summed E-state index contributed by atoms with van der Waals surface area (Å²) in [6, 6.07) is 12.6. The van der Waals surface area contributed by atoms with Gasteiger partial charge >= 0.3 is 0 Å². The van der Waals surface area contributed by atoms with Crippen molar-refractivity contribution in [3.05, 3.63) is 76.9 Å². The summed E-state index contributed by atoms with van der Waals surface area (Å²) in [7, 11) is 0. The maximum absolute atomic E-state index is 14.4. The zero-order valence-electron chi connectivity index (χ0n) is 21.1. The van der Waals surface area contributed by atoms with E-state index in [9.17, 15) is 8.78 Å². The Hall–Kier alpha value is -2.16. The monoisotopic (exact) mass is 468 g/mol. The fourth-order valence-corrected chi connectivity index (χ4v) is 4.91. The van der Waals surface area contributed by atoms with Crippen LogP contribution in [0.15, 0.2) is 48.6 Å².